The highest BCUT2D eigenvalue weighted by Crippen LogP contribution is 2.31. The van der Waals surface area contributed by atoms with Crippen molar-refractivity contribution in [2.24, 2.45) is 0 Å². The summed E-state index contributed by atoms with van der Waals surface area (Å²) in [4.78, 5) is 11.4. The summed E-state index contributed by atoms with van der Waals surface area (Å²) < 4.78 is 31.9. The average Bonchev–Trinajstić information content (AvgIpc) is 2.21. The summed E-state index contributed by atoms with van der Waals surface area (Å²) in [5.41, 5.74) is -2.28. The molecular formula is C10H18F2N2O2. The Morgan fingerprint density at radius 2 is 1.94 bits per heavy atom. The van der Waals surface area contributed by atoms with Crippen LogP contribution in [0.1, 0.15) is 27.7 Å². The summed E-state index contributed by atoms with van der Waals surface area (Å²) in [5.74, 6) is -2.97. The van der Waals surface area contributed by atoms with Crippen LogP contribution in [0.4, 0.5) is 13.6 Å². The van der Waals surface area contributed by atoms with E-state index >= 15 is 0 Å². The van der Waals surface area contributed by atoms with Gasteiger partial charge in [0.2, 0.25) is 0 Å². The molecule has 4 nitrogen and oxygen atoms in total. The molecule has 0 aromatic carbocycles. The Hall–Kier alpha value is -0.910. The lowest BCUT2D eigenvalue weighted by Crippen LogP contribution is -2.58. The molecule has 1 rings (SSSR count). The molecule has 1 amide bonds. The lowest BCUT2D eigenvalue weighted by Gasteiger charge is -2.32. The van der Waals surface area contributed by atoms with Crippen LogP contribution in [0.25, 0.3) is 0 Å². The molecule has 1 aliphatic rings. The fraction of sp³-hybridized carbons (Fsp3) is 0.900. The fourth-order valence-electron chi connectivity index (χ4n) is 1.46. The summed E-state index contributed by atoms with van der Waals surface area (Å²) in [7, 11) is 0. The minimum Gasteiger partial charge on any atom is -0.444 e. The quantitative estimate of drug-likeness (QED) is 0.725. The van der Waals surface area contributed by atoms with Crippen molar-refractivity contribution in [3.8, 4) is 0 Å². The first-order valence-corrected chi connectivity index (χ1v) is 5.15. The highest BCUT2D eigenvalue weighted by molar-refractivity contribution is 5.69. The maximum Gasteiger partial charge on any atom is 0.408 e. The second-order valence-electron chi connectivity index (χ2n) is 5.27. The number of hydrogen-bond acceptors (Lipinski definition) is 3. The molecule has 1 atom stereocenters. The Labute approximate surface area is 93.7 Å². The number of hydrogen-bond donors (Lipinski definition) is 2. The molecule has 0 spiro atoms. The van der Waals surface area contributed by atoms with Crippen molar-refractivity contribution in [3.63, 3.8) is 0 Å². The first-order valence-electron chi connectivity index (χ1n) is 5.15. The van der Waals surface area contributed by atoms with Crippen LogP contribution in [-0.2, 0) is 4.74 Å². The topological polar surface area (TPSA) is 50.4 Å². The Morgan fingerprint density at radius 3 is 2.31 bits per heavy atom. The van der Waals surface area contributed by atoms with E-state index in [1.54, 1.807) is 20.8 Å². The number of amides is 1. The van der Waals surface area contributed by atoms with E-state index in [0.29, 0.717) is 0 Å². The van der Waals surface area contributed by atoms with Crippen LogP contribution in [0.5, 0.6) is 0 Å². The van der Waals surface area contributed by atoms with Gasteiger partial charge >= 0.3 is 6.09 Å². The Balaban J connectivity index is 2.63. The van der Waals surface area contributed by atoms with Crippen molar-refractivity contribution >= 4 is 6.09 Å². The van der Waals surface area contributed by atoms with Crippen LogP contribution in [0.15, 0.2) is 0 Å². The van der Waals surface area contributed by atoms with Gasteiger partial charge in [0, 0.05) is 6.54 Å². The van der Waals surface area contributed by atoms with Crippen LogP contribution in [0.2, 0.25) is 0 Å². The van der Waals surface area contributed by atoms with E-state index in [0.717, 1.165) is 0 Å². The van der Waals surface area contributed by atoms with Crippen LogP contribution < -0.4 is 10.6 Å². The summed E-state index contributed by atoms with van der Waals surface area (Å²) in [5, 5.41) is 4.78. The zero-order chi connectivity index (χ0) is 12.6. The number of carbonyl (C=O) groups is 1. The number of alkyl halides is 2. The van der Waals surface area contributed by atoms with Crippen LogP contribution in [0.3, 0.4) is 0 Å². The zero-order valence-corrected chi connectivity index (χ0v) is 9.99. The Bertz CT molecular complexity index is 289. The SMILES string of the molecule is CC(C)(C)OC(=O)NC1(C)CNCC1(F)F. The van der Waals surface area contributed by atoms with Gasteiger partial charge in [-0.05, 0) is 27.7 Å². The molecule has 0 saturated carbocycles. The number of ether oxygens (including phenoxy) is 1. The maximum atomic E-state index is 13.5. The van der Waals surface area contributed by atoms with Gasteiger partial charge in [-0.3, -0.25) is 0 Å². The van der Waals surface area contributed by atoms with E-state index in [-0.39, 0.29) is 6.54 Å². The average molecular weight is 236 g/mol. The minimum atomic E-state index is -2.97. The van der Waals surface area contributed by atoms with E-state index in [1.807, 2.05) is 0 Å². The number of halogens is 2. The fourth-order valence-corrected chi connectivity index (χ4v) is 1.46. The van der Waals surface area contributed by atoms with E-state index in [1.165, 1.54) is 6.92 Å². The van der Waals surface area contributed by atoms with Gasteiger partial charge in [0.1, 0.15) is 11.1 Å². The molecule has 0 radical (unpaired) electrons. The highest BCUT2D eigenvalue weighted by atomic mass is 19.3. The van der Waals surface area contributed by atoms with Crippen molar-refractivity contribution in [1.82, 2.24) is 10.6 Å². The zero-order valence-electron chi connectivity index (χ0n) is 9.99. The highest BCUT2D eigenvalue weighted by Gasteiger charge is 2.55. The molecule has 0 aromatic heterocycles. The molecule has 1 fully saturated rings. The monoisotopic (exact) mass is 236 g/mol. The summed E-state index contributed by atoms with van der Waals surface area (Å²) in [6, 6.07) is 0. The standard InChI is InChI=1S/C10H18F2N2O2/c1-8(2,3)16-7(15)14-9(4)5-13-6-10(9,11)12/h13H,5-6H2,1-4H3,(H,14,15). The second-order valence-corrected chi connectivity index (χ2v) is 5.27. The normalized spacial score (nSPS) is 28.9. The second kappa shape index (κ2) is 3.84. The first-order chi connectivity index (χ1) is 7.06. The van der Waals surface area contributed by atoms with Gasteiger partial charge in [-0.25, -0.2) is 13.6 Å². The molecule has 94 valence electrons. The van der Waals surface area contributed by atoms with Crippen LogP contribution in [-0.4, -0.2) is 36.2 Å². The van der Waals surface area contributed by atoms with Gasteiger partial charge < -0.3 is 15.4 Å². The number of carbonyl (C=O) groups excluding carboxylic acids is 1. The largest absolute Gasteiger partial charge is 0.444 e. The molecule has 16 heavy (non-hydrogen) atoms. The van der Waals surface area contributed by atoms with Gasteiger partial charge in [-0.15, -0.1) is 0 Å². The van der Waals surface area contributed by atoms with Crippen molar-refractivity contribution in [2.75, 3.05) is 13.1 Å². The Morgan fingerprint density at radius 1 is 1.38 bits per heavy atom. The number of alkyl carbamates (subject to hydrolysis) is 1. The van der Waals surface area contributed by atoms with E-state index in [4.69, 9.17) is 4.74 Å². The first kappa shape index (κ1) is 13.2. The third kappa shape index (κ3) is 2.81. The lowest BCUT2D eigenvalue weighted by atomic mass is 9.98. The molecular weight excluding hydrogens is 218 g/mol. The third-order valence-corrected chi connectivity index (χ3v) is 2.41. The molecule has 2 N–H and O–H groups in total. The molecule has 6 heteroatoms. The molecule has 1 heterocycles. The number of nitrogens with one attached hydrogen (secondary N) is 2. The summed E-state index contributed by atoms with van der Waals surface area (Å²) >= 11 is 0. The maximum absolute atomic E-state index is 13.5. The molecule has 0 aliphatic carbocycles. The van der Waals surface area contributed by atoms with E-state index < -0.39 is 29.7 Å². The van der Waals surface area contributed by atoms with Crippen molar-refractivity contribution < 1.29 is 18.3 Å². The van der Waals surface area contributed by atoms with Crippen molar-refractivity contribution in [2.45, 2.75) is 44.8 Å². The molecule has 0 bridgehead atoms. The Kier molecular flexibility index (Phi) is 3.15. The third-order valence-electron chi connectivity index (χ3n) is 2.41. The van der Waals surface area contributed by atoms with Crippen molar-refractivity contribution in [1.29, 1.82) is 0 Å². The minimum absolute atomic E-state index is 0.0270. The van der Waals surface area contributed by atoms with Crippen molar-refractivity contribution in [3.05, 3.63) is 0 Å². The lowest BCUT2D eigenvalue weighted by molar-refractivity contribution is -0.0494. The van der Waals surface area contributed by atoms with Crippen LogP contribution in [0, 0.1) is 0 Å². The molecule has 1 unspecified atom stereocenters. The summed E-state index contributed by atoms with van der Waals surface area (Å²) in [6.07, 6.45) is -0.821. The molecule has 0 aromatic rings. The van der Waals surface area contributed by atoms with Gasteiger partial charge in [0.15, 0.2) is 0 Å². The summed E-state index contributed by atoms with van der Waals surface area (Å²) in [6.45, 7) is 5.94. The number of rotatable bonds is 1. The smallest absolute Gasteiger partial charge is 0.408 e. The van der Waals surface area contributed by atoms with Gasteiger partial charge in [-0.1, -0.05) is 0 Å². The van der Waals surface area contributed by atoms with Crippen LogP contribution >= 0.6 is 0 Å². The van der Waals surface area contributed by atoms with Gasteiger partial charge in [-0.2, -0.15) is 0 Å². The predicted octanol–water partition coefficient (Wildman–Crippen LogP) is 1.51. The molecule has 1 saturated heterocycles. The molecule has 1 aliphatic heterocycles. The van der Waals surface area contributed by atoms with E-state index in [2.05, 4.69) is 10.6 Å². The van der Waals surface area contributed by atoms with E-state index in [9.17, 15) is 13.6 Å². The van der Waals surface area contributed by atoms with Gasteiger partial charge in [0.05, 0.1) is 6.54 Å². The van der Waals surface area contributed by atoms with Gasteiger partial charge in [0.25, 0.3) is 5.92 Å². The predicted molar refractivity (Wildman–Crippen MR) is 55.6 cm³/mol.